The quantitative estimate of drug-likeness (QED) is 0.766. The average Bonchev–Trinajstić information content (AvgIpc) is 2.85. The van der Waals surface area contributed by atoms with Crippen LogP contribution in [0.2, 0.25) is 0 Å². The summed E-state index contributed by atoms with van der Waals surface area (Å²) in [5.74, 6) is -0.0574. The van der Waals surface area contributed by atoms with Gasteiger partial charge >= 0.3 is 0 Å². The number of thiophene rings is 1. The molecule has 2 aromatic rings. The molecule has 0 saturated heterocycles. The first-order chi connectivity index (χ1) is 9.69. The molecule has 0 fully saturated rings. The molecule has 0 aliphatic rings. The monoisotopic (exact) mass is 290 g/mol. The fourth-order valence-corrected chi connectivity index (χ4v) is 2.65. The number of nitrogens with one attached hydrogen (secondary N) is 2. The van der Waals surface area contributed by atoms with Crippen LogP contribution in [0.5, 0.6) is 0 Å². The third-order valence-electron chi connectivity index (χ3n) is 2.86. The number of carbonyl (C=O) groups excluding carboxylic acids is 1. The van der Waals surface area contributed by atoms with Gasteiger partial charge in [0.1, 0.15) is 0 Å². The maximum absolute atomic E-state index is 11.1. The number of rotatable bonds is 6. The molecular formula is C15H18N2O2S. The summed E-state index contributed by atoms with van der Waals surface area (Å²) in [6.07, 6.45) is 0.678. The van der Waals surface area contributed by atoms with Crippen molar-refractivity contribution < 1.29 is 9.90 Å². The first kappa shape index (κ1) is 14.6. The molecule has 0 unspecified atom stereocenters. The third kappa shape index (κ3) is 4.08. The van der Waals surface area contributed by atoms with Crippen LogP contribution < -0.4 is 10.6 Å². The lowest BCUT2D eigenvalue weighted by Gasteiger charge is -2.08. The predicted octanol–water partition coefficient (Wildman–Crippen LogP) is 2.85. The second-order valence-electron chi connectivity index (χ2n) is 4.46. The highest BCUT2D eigenvalue weighted by Gasteiger charge is 2.05. The number of aliphatic hydroxyl groups excluding tert-OH is 1. The standard InChI is InChI=1S/C15H18N2O2S/c1-11(19)17-14-7-9-20-15(14)10-16-13-4-2-12(3-5-13)6-8-18/h2-5,7,9,16,18H,6,8,10H2,1H3,(H,17,19). The third-order valence-corrected chi connectivity index (χ3v) is 3.78. The molecule has 20 heavy (non-hydrogen) atoms. The second-order valence-corrected chi connectivity index (χ2v) is 5.46. The summed E-state index contributed by atoms with van der Waals surface area (Å²) in [6.45, 7) is 2.35. The summed E-state index contributed by atoms with van der Waals surface area (Å²) >= 11 is 1.61. The Balaban J connectivity index is 1.94. The van der Waals surface area contributed by atoms with Crippen molar-refractivity contribution in [3.05, 3.63) is 46.2 Å². The maximum Gasteiger partial charge on any atom is 0.221 e. The molecule has 0 saturated carbocycles. The minimum Gasteiger partial charge on any atom is -0.396 e. The van der Waals surface area contributed by atoms with Crippen LogP contribution in [-0.2, 0) is 17.8 Å². The molecule has 4 nitrogen and oxygen atoms in total. The van der Waals surface area contributed by atoms with Crippen molar-refractivity contribution in [2.45, 2.75) is 19.9 Å². The van der Waals surface area contributed by atoms with Gasteiger partial charge in [0.15, 0.2) is 0 Å². The zero-order valence-electron chi connectivity index (χ0n) is 11.3. The molecule has 1 heterocycles. The molecule has 0 aliphatic heterocycles. The summed E-state index contributed by atoms with van der Waals surface area (Å²) in [6, 6.07) is 9.91. The molecule has 1 aromatic heterocycles. The van der Waals surface area contributed by atoms with Gasteiger partial charge in [0.25, 0.3) is 0 Å². The van der Waals surface area contributed by atoms with Crippen molar-refractivity contribution in [1.82, 2.24) is 0 Å². The Morgan fingerprint density at radius 1 is 1.25 bits per heavy atom. The molecule has 2 rings (SSSR count). The lowest BCUT2D eigenvalue weighted by Crippen LogP contribution is -2.08. The van der Waals surface area contributed by atoms with E-state index in [0.29, 0.717) is 13.0 Å². The lowest BCUT2D eigenvalue weighted by molar-refractivity contribution is -0.114. The highest BCUT2D eigenvalue weighted by Crippen LogP contribution is 2.23. The van der Waals surface area contributed by atoms with E-state index in [2.05, 4.69) is 10.6 Å². The van der Waals surface area contributed by atoms with E-state index in [1.165, 1.54) is 6.92 Å². The SMILES string of the molecule is CC(=O)Nc1ccsc1CNc1ccc(CCO)cc1. The molecular weight excluding hydrogens is 272 g/mol. The van der Waals surface area contributed by atoms with E-state index in [4.69, 9.17) is 5.11 Å². The fourth-order valence-electron chi connectivity index (χ4n) is 1.88. The van der Waals surface area contributed by atoms with Gasteiger partial charge in [-0.3, -0.25) is 4.79 Å². The summed E-state index contributed by atoms with van der Waals surface area (Å²) < 4.78 is 0. The Bertz CT molecular complexity index is 564. The maximum atomic E-state index is 11.1. The van der Waals surface area contributed by atoms with Crippen LogP contribution in [0.3, 0.4) is 0 Å². The summed E-state index contributed by atoms with van der Waals surface area (Å²) in [7, 11) is 0. The minimum atomic E-state index is -0.0574. The first-order valence-corrected chi connectivity index (χ1v) is 7.34. The molecule has 106 valence electrons. The van der Waals surface area contributed by atoms with Crippen molar-refractivity contribution in [3.63, 3.8) is 0 Å². The van der Waals surface area contributed by atoms with Gasteiger partial charge in [-0.15, -0.1) is 11.3 Å². The average molecular weight is 290 g/mol. The Morgan fingerprint density at radius 3 is 2.65 bits per heavy atom. The normalized spacial score (nSPS) is 10.3. The predicted molar refractivity (Wildman–Crippen MR) is 83.2 cm³/mol. The van der Waals surface area contributed by atoms with E-state index < -0.39 is 0 Å². The minimum absolute atomic E-state index is 0.0574. The van der Waals surface area contributed by atoms with Crippen LogP contribution in [0.4, 0.5) is 11.4 Å². The van der Waals surface area contributed by atoms with Gasteiger partial charge in [-0.2, -0.15) is 0 Å². The molecule has 3 N–H and O–H groups in total. The number of aliphatic hydroxyl groups is 1. The smallest absolute Gasteiger partial charge is 0.221 e. The lowest BCUT2D eigenvalue weighted by atomic mass is 10.1. The molecule has 0 aliphatic carbocycles. The fraction of sp³-hybridized carbons (Fsp3) is 0.267. The number of hydrogen-bond acceptors (Lipinski definition) is 4. The van der Waals surface area contributed by atoms with Crippen molar-refractivity contribution in [2.75, 3.05) is 17.2 Å². The Hall–Kier alpha value is -1.85. The number of carbonyl (C=O) groups is 1. The summed E-state index contributed by atoms with van der Waals surface area (Å²) in [5, 5.41) is 17.0. The number of anilines is 2. The van der Waals surface area contributed by atoms with Crippen LogP contribution >= 0.6 is 11.3 Å². The molecule has 0 spiro atoms. The van der Waals surface area contributed by atoms with E-state index >= 15 is 0 Å². The second kappa shape index (κ2) is 7.07. The van der Waals surface area contributed by atoms with Crippen LogP contribution in [-0.4, -0.2) is 17.6 Å². The van der Waals surface area contributed by atoms with Crippen LogP contribution in [0.1, 0.15) is 17.4 Å². The van der Waals surface area contributed by atoms with Crippen LogP contribution in [0.15, 0.2) is 35.7 Å². The summed E-state index contributed by atoms with van der Waals surface area (Å²) in [4.78, 5) is 12.2. The number of benzene rings is 1. The highest BCUT2D eigenvalue weighted by atomic mass is 32.1. The molecule has 0 bridgehead atoms. The van der Waals surface area contributed by atoms with Gasteiger partial charge in [0.2, 0.25) is 5.91 Å². The molecule has 1 amide bonds. The van der Waals surface area contributed by atoms with Gasteiger partial charge in [-0.1, -0.05) is 12.1 Å². The highest BCUT2D eigenvalue weighted by molar-refractivity contribution is 7.10. The Kier molecular flexibility index (Phi) is 5.15. The van der Waals surface area contributed by atoms with E-state index in [9.17, 15) is 4.79 Å². The van der Waals surface area contributed by atoms with Crippen molar-refractivity contribution in [2.24, 2.45) is 0 Å². The van der Waals surface area contributed by atoms with Crippen molar-refractivity contribution in [3.8, 4) is 0 Å². The van der Waals surface area contributed by atoms with Gasteiger partial charge < -0.3 is 15.7 Å². The number of amides is 1. The van der Waals surface area contributed by atoms with Crippen LogP contribution in [0, 0.1) is 0 Å². The summed E-state index contributed by atoms with van der Waals surface area (Å²) in [5.41, 5.74) is 3.01. The van der Waals surface area contributed by atoms with Crippen LogP contribution in [0.25, 0.3) is 0 Å². The Labute approximate surface area is 122 Å². The van der Waals surface area contributed by atoms with E-state index in [1.807, 2.05) is 35.7 Å². The molecule has 1 aromatic carbocycles. The number of hydrogen-bond donors (Lipinski definition) is 3. The van der Waals surface area contributed by atoms with E-state index in [0.717, 1.165) is 21.8 Å². The van der Waals surface area contributed by atoms with Gasteiger partial charge in [-0.05, 0) is 35.6 Å². The van der Waals surface area contributed by atoms with E-state index in [1.54, 1.807) is 11.3 Å². The molecule has 0 atom stereocenters. The largest absolute Gasteiger partial charge is 0.396 e. The van der Waals surface area contributed by atoms with Gasteiger partial charge in [0, 0.05) is 24.1 Å². The molecule has 0 radical (unpaired) electrons. The van der Waals surface area contributed by atoms with E-state index in [-0.39, 0.29) is 12.5 Å². The zero-order valence-corrected chi connectivity index (χ0v) is 12.2. The van der Waals surface area contributed by atoms with Crippen molar-refractivity contribution >= 4 is 28.6 Å². The Morgan fingerprint density at radius 2 is 2.00 bits per heavy atom. The zero-order chi connectivity index (χ0) is 14.4. The molecule has 5 heteroatoms. The van der Waals surface area contributed by atoms with Gasteiger partial charge in [0.05, 0.1) is 12.2 Å². The van der Waals surface area contributed by atoms with Gasteiger partial charge in [-0.25, -0.2) is 0 Å². The first-order valence-electron chi connectivity index (χ1n) is 6.46. The topological polar surface area (TPSA) is 61.4 Å². The van der Waals surface area contributed by atoms with Crippen molar-refractivity contribution in [1.29, 1.82) is 0 Å².